The van der Waals surface area contributed by atoms with Gasteiger partial charge in [-0.3, -0.25) is 4.79 Å². The highest BCUT2D eigenvalue weighted by Crippen LogP contribution is 2.30. The van der Waals surface area contributed by atoms with Gasteiger partial charge in [0.15, 0.2) is 0 Å². The largest absolute Gasteiger partial charge is 0.481 e. The van der Waals surface area contributed by atoms with Gasteiger partial charge < -0.3 is 15.2 Å². The number of halogens is 2. The summed E-state index contributed by atoms with van der Waals surface area (Å²) in [4.78, 5) is 11.5. The van der Waals surface area contributed by atoms with E-state index in [1.54, 1.807) is 12.1 Å². The third-order valence-electron chi connectivity index (χ3n) is 3.71. The second-order valence-electron chi connectivity index (χ2n) is 5.01. The van der Waals surface area contributed by atoms with E-state index in [1.807, 2.05) is 0 Å². The van der Waals surface area contributed by atoms with Crippen molar-refractivity contribution in [3.63, 3.8) is 0 Å². The van der Waals surface area contributed by atoms with Gasteiger partial charge in [-0.05, 0) is 24.5 Å². The molecule has 2 N–H and O–H groups in total. The number of aliphatic carboxylic acids is 1. The molecule has 110 valence electrons. The number of hydrogen-bond donors (Lipinski definition) is 2. The molecule has 20 heavy (non-hydrogen) atoms. The molecule has 0 saturated carbocycles. The molecule has 1 fully saturated rings. The van der Waals surface area contributed by atoms with Gasteiger partial charge in [-0.1, -0.05) is 23.7 Å². The zero-order valence-electron chi connectivity index (χ0n) is 11.0. The number of carboxylic acid groups (broad SMARTS) is 1. The molecule has 0 bridgehead atoms. The Hall–Kier alpha value is -1.17. The van der Waals surface area contributed by atoms with Gasteiger partial charge in [0, 0.05) is 26.3 Å². The lowest BCUT2D eigenvalue weighted by molar-refractivity contribution is -0.154. The first-order valence-corrected chi connectivity index (χ1v) is 6.88. The van der Waals surface area contributed by atoms with E-state index in [9.17, 15) is 14.3 Å². The lowest BCUT2D eigenvalue weighted by Gasteiger charge is -2.33. The Bertz CT molecular complexity index is 489. The second kappa shape index (κ2) is 6.52. The first-order chi connectivity index (χ1) is 9.55. The van der Waals surface area contributed by atoms with Crippen LogP contribution in [-0.2, 0) is 16.1 Å². The summed E-state index contributed by atoms with van der Waals surface area (Å²) in [7, 11) is 0. The summed E-state index contributed by atoms with van der Waals surface area (Å²) in [6.07, 6.45) is 0.957. The van der Waals surface area contributed by atoms with Crippen LogP contribution in [0.1, 0.15) is 18.4 Å². The molecule has 0 unspecified atom stereocenters. The van der Waals surface area contributed by atoms with E-state index in [4.69, 9.17) is 16.3 Å². The molecule has 0 aromatic heterocycles. The molecule has 1 heterocycles. The highest BCUT2D eigenvalue weighted by atomic mass is 35.5. The van der Waals surface area contributed by atoms with Crippen molar-refractivity contribution >= 4 is 17.6 Å². The lowest BCUT2D eigenvalue weighted by atomic mass is 9.80. The fourth-order valence-electron chi connectivity index (χ4n) is 2.35. The average molecular weight is 302 g/mol. The molecule has 4 nitrogen and oxygen atoms in total. The molecule has 1 aromatic carbocycles. The van der Waals surface area contributed by atoms with Gasteiger partial charge in [-0.25, -0.2) is 4.39 Å². The predicted molar refractivity (Wildman–Crippen MR) is 73.2 cm³/mol. The second-order valence-corrected chi connectivity index (χ2v) is 5.39. The van der Waals surface area contributed by atoms with Gasteiger partial charge in [-0.15, -0.1) is 0 Å². The highest BCUT2D eigenvalue weighted by Gasteiger charge is 2.39. The third kappa shape index (κ3) is 3.29. The molecule has 0 radical (unpaired) electrons. The molecule has 1 aromatic rings. The highest BCUT2D eigenvalue weighted by molar-refractivity contribution is 6.31. The topological polar surface area (TPSA) is 58.6 Å². The number of nitrogens with one attached hydrogen (secondary N) is 1. The van der Waals surface area contributed by atoms with Gasteiger partial charge in [0.1, 0.15) is 5.82 Å². The Morgan fingerprint density at radius 2 is 2.15 bits per heavy atom. The molecule has 0 atom stereocenters. The van der Waals surface area contributed by atoms with Crippen LogP contribution in [-0.4, -0.2) is 30.8 Å². The van der Waals surface area contributed by atoms with Crippen LogP contribution in [0.5, 0.6) is 0 Å². The number of rotatable bonds is 5. The van der Waals surface area contributed by atoms with E-state index >= 15 is 0 Å². The first-order valence-electron chi connectivity index (χ1n) is 6.50. The normalized spacial score (nSPS) is 17.9. The number of carbonyl (C=O) groups is 1. The van der Waals surface area contributed by atoms with E-state index in [0.29, 0.717) is 44.7 Å². The fourth-order valence-corrected chi connectivity index (χ4v) is 2.54. The van der Waals surface area contributed by atoms with Crippen LogP contribution in [0.2, 0.25) is 5.02 Å². The zero-order chi connectivity index (χ0) is 14.6. The zero-order valence-corrected chi connectivity index (χ0v) is 11.8. The Balaban J connectivity index is 1.97. The summed E-state index contributed by atoms with van der Waals surface area (Å²) >= 11 is 5.86. The van der Waals surface area contributed by atoms with Crippen LogP contribution in [0.4, 0.5) is 4.39 Å². The van der Waals surface area contributed by atoms with Crippen molar-refractivity contribution in [2.24, 2.45) is 5.41 Å². The first kappa shape index (κ1) is 15.2. The van der Waals surface area contributed by atoms with Gasteiger partial charge in [0.05, 0.1) is 10.4 Å². The maximum atomic E-state index is 13.3. The Kier molecular flexibility index (Phi) is 4.96. The van der Waals surface area contributed by atoms with E-state index < -0.39 is 17.2 Å². The quantitative estimate of drug-likeness (QED) is 0.877. The van der Waals surface area contributed by atoms with Gasteiger partial charge in [0.2, 0.25) is 0 Å². The fraction of sp³-hybridized carbons (Fsp3) is 0.500. The SMILES string of the molecule is O=C(O)C1(CNCc2cccc(F)c2Cl)CCOCC1. The van der Waals surface area contributed by atoms with Crippen molar-refractivity contribution in [3.8, 4) is 0 Å². The molecule has 0 amide bonds. The summed E-state index contributed by atoms with van der Waals surface area (Å²) < 4.78 is 18.5. The van der Waals surface area contributed by atoms with E-state index in [0.717, 1.165) is 0 Å². The maximum Gasteiger partial charge on any atom is 0.311 e. The molecule has 2 rings (SSSR count). The van der Waals surface area contributed by atoms with E-state index in [-0.39, 0.29) is 5.02 Å². The van der Waals surface area contributed by atoms with Crippen LogP contribution in [0.25, 0.3) is 0 Å². The van der Waals surface area contributed by atoms with Crippen molar-refractivity contribution in [2.75, 3.05) is 19.8 Å². The van der Waals surface area contributed by atoms with Crippen molar-refractivity contribution in [3.05, 3.63) is 34.6 Å². The molecule has 1 saturated heterocycles. The van der Waals surface area contributed by atoms with Crippen molar-refractivity contribution in [1.29, 1.82) is 0 Å². The summed E-state index contributed by atoms with van der Waals surface area (Å²) in [6.45, 7) is 1.56. The monoisotopic (exact) mass is 301 g/mol. The average Bonchev–Trinajstić information content (AvgIpc) is 2.44. The molecular formula is C14H17ClFNO3. The third-order valence-corrected chi connectivity index (χ3v) is 4.14. The number of hydrogen-bond acceptors (Lipinski definition) is 3. The molecule has 0 aliphatic carbocycles. The van der Waals surface area contributed by atoms with Crippen LogP contribution in [0.15, 0.2) is 18.2 Å². The van der Waals surface area contributed by atoms with Crippen molar-refractivity contribution in [1.82, 2.24) is 5.32 Å². The summed E-state index contributed by atoms with van der Waals surface area (Å²) in [5.41, 5.74) is -0.183. The summed E-state index contributed by atoms with van der Waals surface area (Å²) in [6, 6.07) is 4.60. The van der Waals surface area contributed by atoms with Crippen molar-refractivity contribution in [2.45, 2.75) is 19.4 Å². The van der Waals surface area contributed by atoms with Gasteiger partial charge in [-0.2, -0.15) is 0 Å². The lowest BCUT2D eigenvalue weighted by Crippen LogP contribution is -2.44. The van der Waals surface area contributed by atoms with Gasteiger partial charge in [0.25, 0.3) is 0 Å². The smallest absolute Gasteiger partial charge is 0.311 e. The number of carboxylic acids is 1. The number of ether oxygens (including phenoxy) is 1. The minimum Gasteiger partial charge on any atom is -0.481 e. The van der Waals surface area contributed by atoms with E-state index in [2.05, 4.69) is 5.32 Å². The summed E-state index contributed by atoms with van der Waals surface area (Å²) in [5.74, 6) is -1.29. The predicted octanol–water partition coefficient (Wildman–Crippen LogP) is 2.45. The van der Waals surface area contributed by atoms with Crippen LogP contribution in [0.3, 0.4) is 0 Å². The summed E-state index contributed by atoms with van der Waals surface area (Å²) in [5, 5.41) is 12.6. The van der Waals surface area contributed by atoms with Crippen molar-refractivity contribution < 1.29 is 19.0 Å². The minimum absolute atomic E-state index is 0.0800. The van der Waals surface area contributed by atoms with Crippen LogP contribution >= 0.6 is 11.6 Å². The molecule has 6 heteroatoms. The maximum absolute atomic E-state index is 13.3. The van der Waals surface area contributed by atoms with E-state index in [1.165, 1.54) is 6.07 Å². The molecule has 0 spiro atoms. The molecule has 1 aliphatic rings. The Morgan fingerprint density at radius 1 is 1.45 bits per heavy atom. The standard InChI is InChI=1S/C14H17ClFNO3/c15-12-10(2-1-3-11(12)16)8-17-9-14(13(18)19)4-6-20-7-5-14/h1-3,17H,4-9H2,(H,18,19). The molecule has 1 aliphatic heterocycles. The Morgan fingerprint density at radius 3 is 2.80 bits per heavy atom. The van der Waals surface area contributed by atoms with Crippen LogP contribution < -0.4 is 5.32 Å². The van der Waals surface area contributed by atoms with Gasteiger partial charge >= 0.3 is 5.97 Å². The molecular weight excluding hydrogens is 285 g/mol. The minimum atomic E-state index is -0.821. The number of benzene rings is 1. The Labute approximate surface area is 121 Å². The van der Waals surface area contributed by atoms with Crippen LogP contribution in [0, 0.1) is 11.2 Å².